The van der Waals surface area contributed by atoms with Gasteiger partial charge in [0.2, 0.25) is 10.0 Å². The fraction of sp³-hybridized carbons (Fsp3) is 0.273. The van der Waals surface area contributed by atoms with Gasteiger partial charge in [0, 0.05) is 25.0 Å². The highest BCUT2D eigenvalue weighted by Crippen LogP contribution is 2.27. The molecule has 1 heterocycles. The number of hydrogen-bond donors (Lipinski definition) is 2. The van der Waals surface area contributed by atoms with Gasteiger partial charge in [0.1, 0.15) is 11.6 Å². The number of benzene rings is 2. The Bertz CT molecular complexity index is 1200. The predicted octanol–water partition coefficient (Wildman–Crippen LogP) is 3.44. The third-order valence-electron chi connectivity index (χ3n) is 4.91. The number of morpholine rings is 1. The lowest BCUT2D eigenvalue weighted by atomic mass is 10.1. The zero-order valence-corrected chi connectivity index (χ0v) is 19.3. The van der Waals surface area contributed by atoms with Crippen LogP contribution >= 0.6 is 11.6 Å². The largest absolute Gasteiger partial charge is 0.379 e. The third kappa shape index (κ3) is 5.47. The number of sulfonamides is 1. The number of nitriles is 1. The fourth-order valence-electron chi connectivity index (χ4n) is 3.15. The van der Waals surface area contributed by atoms with E-state index >= 15 is 0 Å². The van der Waals surface area contributed by atoms with Gasteiger partial charge >= 0.3 is 0 Å². The minimum absolute atomic E-state index is 0.0536. The SMILES string of the molecule is Cc1ccc(NC(=O)/C(C#N)=C\Nc2cc(S(=O)(=O)N3CCOCC3)ccc2Cl)c(C)c1. The molecule has 168 valence electrons. The summed E-state index contributed by atoms with van der Waals surface area (Å²) in [5.41, 5.74) is 2.58. The van der Waals surface area contributed by atoms with E-state index in [1.807, 2.05) is 32.0 Å². The first-order valence-electron chi connectivity index (χ1n) is 9.85. The number of nitrogens with one attached hydrogen (secondary N) is 2. The van der Waals surface area contributed by atoms with Crippen LogP contribution in [0.2, 0.25) is 5.02 Å². The van der Waals surface area contributed by atoms with Crippen molar-refractivity contribution in [3.05, 3.63) is 64.3 Å². The van der Waals surface area contributed by atoms with E-state index in [4.69, 9.17) is 16.3 Å². The van der Waals surface area contributed by atoms with Crippen molar-refractivity contribution in [2.24, 2.45) is 0 Å². The van der Waals surface area contributed by atoms with Crippen LogP contribution in [0.25, 0.3) is 0 Å². The van der Waals surface area contributed by atoms with Crippen LogP contribution in [-0.4, -0.2) is 44.9 Å². The molecule has 0 unspecified atom stereocenters. The lowest BCUT2D eigenvalue weighted by molar-refractivity contribution is -0.112. The van der Waals surface area contributed by atoms with Gasteiger partial charge < -0.3 is 15.4 Å². The van der Waals surface area contributed by atoms with Crippen molar-refractivity contribution in [2.45, 2.75) is 18.7 Å². The summed E-state index contributed by atoms with van der Waals surface area (Å²) in [5.74, 6) is -0.597. The molecule has 10 heteroatoms. The molecule has 0 radical (unpaired) electrons. The number of hydrogen-bond acceptors (Lipinski definition) is 6. The highest BCUT2D eigenvalue weighted by molar-refractivity contribution is 7.89. The van der Waals surface area contributed by atoms with Gasteiger partial charge in [0.05, 0.1) is 28.8 Å². The Balaban J connectivity index is 1.80. The quantitative estimate of drug-likeness (QED) is 0.490. The maximum absolute atomic E-state index is 12.9. The number of rotatable bonds is 6. The predicted molar refractivity (Wildman–Crippen MR) is 123 cm³/mol. The molecule has 0 aromatic heterocycles. The molecule has 32 heavy (non-hydrogen) atoms. The molecule has 0 spiro atoms. The molecule has 1 aliphatic rings. The Kier molecular flexibility index (Phi) is 7.53. The van der Waals surface area contributed by atoms with Crippen LogP contribution < -0.4 is 10.6 Å². The van der Waals surface area contributed by atoms with Gasteiger partial charge in [-0.15, -0.1) is 0 Å². The van der Waals surface area contributed by atoms with Gasteiger partial charge in [0.25, 0.3) is 5.91 Å². The van der Waals surface area contributed by atoms with Gasteiger partial charge in [-0.2, -0.15) is 9.57 Å². The maximum Gasteiger partial charge on any atom is 0.267 e. The first-order chi connectivity index (χ1) is 15.2. The van der Waals surface area contributed by atoms with Crippen molar-refractivity contribution in [1.82, 2.24) is 4.31 Å². The summed E-state index contributed by atoms with van der Waals surface area (Å²) >= 11 is 6.20. The first-order valence-corrected chi connectivity index (χ1v) is 11.7. The molecule has 2 aromatic rings. The summed E-state index contributed by atoms with van der Waals surface area (Å²) < 4.78 is 32.3. The van der Waals surface area contributed by atoms with Crippen LogP contribution in [-0.2, 0) is 19.6 Å². The van der Waals surface area contributed by atoms with Crippen LogP contribution in [0.5, 0.6) is 0 Å². The van der Waals surface area contributed by atoms with E-state index in [1.165, 1.54) is 28.7 Å². The van der Waals surface area contributed by atoms with Crippen LogP contribution in [0.4, 0.5) is 11.4 Å². The van der Waals surface area contributed by atoms with E-state index in [1.54, 1.807) is 6.07 Å². The molecular weight excluding hydrogens is 452 g/mol. The average molecular weight is 475 g/mol. The number of anilines is 2. The number of halogens is 1. The minimum Gasteiger partial charge on any atom is -0.379 e. The summed E-state index contributed by atoms with van der Waals surface area (Å²) in [6, 6.07) is 11.6. The van der Waals surface area contributed by atoms with Crippen molar-refractivity contribution in [2.75, 3.05) is 36.9 Å². The van der Waals surface area contributed by atoms with E-state index in [-0.39, 0.29) is 34.3 Å². The van der Waals surface area contributed by atoms with Crippen molar-refractivity contribution in [3.8, 4) is 6.07 Å². The maximum atomic E-state index is 12.9. The molecular formula is C22H23ClN4O4S. The number of ether oxygens (including phenoxy) is 1. The Morgan fingerprint density at radius 3 is 2.53 bits per heavy atom. The number of amides is 1. The van der Waals surface area contributed by atoms with Crippen LogP contribution in [0, 0.1) is 25.2 Å². The van der Waals surface area contributed by atoms with Gasteiger partial charge in [-0.05, 0) is 43.7 Å². The zero-order valence-electron chi connectivity index (χ0n) is 17.7. The van der Waals surface area contributed by atoms with Gasteiger partial charge in [-0.1, -0.05) is 29.3 Å². The molecule has 0 aliphatic carbocycles. The molecule has 1 fully saturated rings. The molecule has 2 aromatic carbocycles. The number of carbonyl (C=O) groups excluding carboxylic acids is 1. The normalized spacial score (nSPS) is 15.1. The number of aryl methyl sites for hydroxylation is 2. The Labute approximate surface area is 192 Å². The molecule has 3 rings (SSSR count). The minimum atomic E-state index is -3.72. The van der Waals surface area contributed by atoms with E-state index in [2.05, 4.69) is 10.6 Å². The smallest absolute Gasteiger partial charge is 0.267 e. The highest BCUT2D eigenvalue weighted by atomic mass is 35.5. The fourth-order valence-corrected chi connectivity index (χ4v) is 4.76. The Morgan fingerprint density at radius 2 is 1.88 bits per heavy atom. The molecule has 0 atom stereocenters. The van der Waals surface area contributed by atoms with E-state index in [0.29, 0.717) is 18.9 Å². The van der Waals surface area contributed by atoms with Crippen LogP contribution in [0.15, 0.2) is 53.1 Å². The van der Waals surface area contributed by atoms with Crippen LogP contribution in [0.1, 0.15) is 11.1 Å². The number of carbonyl (C=O) groups is 1. The molecule has 1 aliphatic heterocycles. The van der Waals surface area contributed by atoms with Gasteiger partial charge in [-0.3, -0.25) is 4.79 Å². The van der Waals surface area contributed by atoms with Gasteiger partial charge in [-0.25, -0.2) is 8.42 Å². The lowest BCUT2D eigenvalue weighted by Crippen LogP contribution is -2.40. The van der Waals surface area contributed by atoms with E-state index < -0.39 is 15.9 Å². The van der Waals surface area contributed by atoms with Crippen molar-refractivity contribution < 1.29 is 17.9 Å². The second-order valence-electron chi connectivity index (χ2n) is 7.24. The second-order valence-corrected chi connectivity index (χ2v) is 9.59. The zero-order chi connectivity index (χ0) is 23.3. The molecule has 0 bridgehead atoms. The van der Waals surface area contributed by atoms with Crippen molar-refractivity contribution >= 4 is 38.9 Å². The highest BCUT2D eigenvalue weighted by Gasteiger charge is 2.26. The summed E-state index contributed by atoms with van der Waals surface area (Å²) in [7, 11) is -3.72. The topological polar surface area (TPSA) is 112 Å². The molecule has 1 saturated heterocycles. The molecule has 0 saturated carbocycles. The third-order valence-corrected chi connectivity index (χ3v) is 7.14. The summed E-state index contributed by atoms with van der Waals surface area (Å²) in [4.78, 5) is 12.6. The van der Waals surface area contributed by atoms with Crippen molar-refractivity contribution in [1.29, 1.82) is 5.26 Å². The first kappa shape index (κ1) is 23.8. The lowest BCUT2D eigenvalue weighted by Gasteiger charge is -2.26. The average Bonchev–Trinajstić information content (AvgIpc) is 2.77. The van der Waals surface area contributed by atoms with Crippen molar-refractivity contribution in [3.63, 3.8) is 0 Å². The Hall–Kier alpha value is -2.90. The van der Waals surface area contributed by atoms with E-state index in [9.17, 15) is 18.5 Å². The van der Waals surface area contributed by atoms with E-state index in [0.717, 1.165) is 11.1 Å². The molecule has 1 amide bonds. The second kappa shape index (κ2) is 10.1. The summed E-state index contributed by atoms with van der Waals surface area (Å²) in [5, 5.41) is 15.2. The standard InChI is InChI=1S/C22H23ClN4O4S/c1-15-3-6-20(16(2)11-15)26-22(28)17(13-24)14-25-21-12-18(4-5-19(21)23)32(29,30)27-7-9-31-10-8-27/h3-6,11-12,14,25H,7-10H2,1-2H3,(H,26,28)/b17-14-. The summed E-state index contributed by atoms with van der Waals surface area (Å²) in [6.45, 7) is 5.01. The van der Waals surface area contributed by atoms with Gasteiger partial charge in [0.15, 0.2) is 0 Å². The number of nitrogens with zero attached hydrogens (tertiary/aromatic N) is 2. The Morgan fingerprint density at radius 1 is 1.16 bits per heavy atom. The molecule has 8 nitrogen and oxygen atoms in total. The molecule has 2 N–H and O–H groups in total. The monoisotopic (exact) mass is 474 g/mol. The van der Waals surface area contributed by atoms with Crippen LogP contribution in [0.3, 0.4) is 0 Å². The summed E-state index contributed by atoms with van der Waals surface area (Å²) in [6.07, 6.45) is 1.20.